The van der Waals surface area contributed by atoms with Crippen molar-refractivity contribution in [1.29, 1.82) is 0 Å². The lowest BCUT2D eigenvalue weighted by Gasteiger charge is -2.13. The van der Waals surface area contributed by atoms with Crippen molar-refractivity contribution in [3.63, 3.8) is 0 Å². The van der Waals surface area contributed by atoms with Crippen LogP contribution in [0.15, 0.2) is 47.4 Å². The third-order valence-corrected chi connectivity index (χ3v) is 5.05. The second-order valence-corrected chi connectivity index (χ2v) is 7.27. The minimum Gasteiger partial charge on any atom is -0.494 e. The standard InChI is InChI=1S/C17H21FN2O3S/c1-20(2)14-6-4-13(5-7-14)10-11-19-24(21,22)15-8-9-17(23-3)16(18)12-15/h4-9,12,19H,10-11H2,1-3H3. The Hall–Kier alpha value is -2.12. The largest absolute Gasteiger partial charge is 0.494 e. The first-order valence-corrected chi connectivity index (χ1v) is 8.91. The Kier molecular flexibility index (Phi) is 5.80. The molecule has 0 spiro atoms. The van der Waals surface area contributed by atoms with E-state index in [0.717, 1.165) is 17.3 Å². The lowest BCUT2D eigenvalue weighted by molar-refractivity contribution is 0.385. The summed E-state index contributed by atoms with van der Waals surface area (Å²) in [6.45, 7) is 0.233. The number of halogens is 1. The fourth-order valence-corrected chi connectivity index (χ4v) is 3.23. The van der Waals surface area contributed by atoms with Crippen LogP contribution in [0.1, 0.15) is 5.56 Å². The van der Waals surface area contributed by atoms with E-state index < -0.39 is 15.8 Å². The van der Waals surface area contributed by atoms with Gasteiger partial charge in [0.2, 0.25) is 10.0 Å². The molecule has 0 aliphatic rings. The molecule has 2 aromatic rings. The fraction of sp³-hybridized carbons (Fsp3) is 0.294. The van der Waals surface area contributed by atoms with Crippen LogP contribution in [0.4, 0.5) is 10.1 Å². The molecule has 0 aromatic heterocycles. The monoisotopic (exact) mass is 352 g/mol. The van der Waals surface area contributed by atoms with E-state index in [-0.39, 0.29) is 17.2 Å². The average Bonchev–Trinajstić information content (AvgIpc) is 2.55. The second-order valence-electron chi connectivity index (χ2n) is 5.51. The molecule has 130 valence electrons. The van der Waals surface area contributed by atoms with Crippen LogP contribution in [0.2, 0.25) is 0 Å². The van der Waals surface area contributed by atoms with Gasteiger partial charge in [0, 0.05) is 26.3 Å². The van der Waals surface area contributed by atoms with Crippen LogP contribution in [-0.2, 0) is 16.4 Å². The van der Waals surface area contributed by atoms with E-state index in [4.69, 9.17) is 4.74 Å². The molecule has 24 heavy (non-hydrogen) atoms. The number of hydrogen-bond donors (Lipinski definition) is 1. The maximum absolute atomic E-state index is 13.6. The van der Waals surface area contributed by atoms with Crippen molar-refractivity contribution in [2.45, 2.75) is 11.3 Å². The molecular formula is C17H21FN2O3S. The van der Waals surface area contributed by atoms with Crippen molar-refractivity contribution < 1.29 is 17.5 Å². The lowest BCUT2D eigenvalue weighted by Crippen LogP contribution is -2.26. The smallest absolute Gasteiger partial charge is 0.240 e. The normalized spacial score (nSPS) is 11.3. The summed E-state index contributed by atoms with van der Waals surface area (Å²) in [5.74, 6) is -0.699. The first kappa shape index (κ1) is 18.2. The van der Waals surface area contributed by atoms with Gasteiger partial charge < -0.3 is 9.64 Å². The Morgan fingerprint density at radius 1 is 1.12 bits per heavy atom. The highest BCUT2D eigenvalue weighted by Gasteiger charge is 2.16. The molecule has 7 heteroatoms. The molecule has 2 aromatic carbocycles. The lowest BCUT2D eigenvalue weighted by atomic mass is 10.1. The molecule has 0 bridgehead atoms. The Morgan fingerprint density at radius 3 is 2.33 bits per heavy atom. The first-order valence-electron chi connectivity index (χ1n) is 7.43. The van der Waals surface area contributed by atoms with Crippen LogP contribution < -0.4 is 14.4 Å². The Labute approximate surface area is 142 Å². The number of hydrogen-bond acceptors (Lipinski definition) is 4. The molecule has 0 amide bonds. The van der Waals surface area contributed by atoms with E-state index in [0.29, 0.717) is 6.42 Å². The topological polar surface area (TPSA) is 58.6 Å². The maximum atomic E-state index is 13.6. The van der Waals surface area contributed by atoms with Crippen LogP contribution in [0.5, 0.6) is 5.75 Å². The highest BCUT2D eigenvalue weighted by atomic mass is 32.2. The van der Waals surface area contributed by atoms with Crippen molar-refractivity contribution in [2.24, 2.45) is 0 Å². The van der Waals surface area contributed by atoms with Crippen molar-refractivity contribution in [1.82, 2.24) is 4.72 Å². The molecule has 0 radical (unpaired) electrons. The maximum Gasteiger partial charge on any atom is 0.240 e. The minimum atomic E-state index is -3.75. The van der Waals surface area contributed by atoms with Crippen LogP contribution in [0.3, 0.4) is 0 Å². The zero-order valence-electron chi connectivity index (χ0n) is 13.9. The number of sulfonamides is 1. The van der Waals surface area contributed by atoms with E-state index in [1.807, 2.05) is 43.3 Å². The number of nitrogens with zero attached hydrogens (tertiary/aromatic N) is 1. The summed E-state index contributed by atoms with van der Waals surface area (Å²) in [7, 11) is 1.48. The van der Waals surface area contributed by atoms with Crippen molar-refractivity contribution in [3.8, 4) is 5.75 Å². The Balaban J connectivity index is 1.98. The minimum absolute atomic E-state index is 0.00920. The predicted molar refractivity (Wildman–Crippen MR) is 92.6 cm³/mol. The quantitative estimate of drug-likeness (QED) is 0.831. The van der Waals surface area contributed by atoms with Crippen molar-refractivity contribution >= 4 is 15.7 Å². The number of anilines is 1. The summed E-state index contributed by atoms with van der Waals surface area (Å²) in [5, 5.41) is 0. The number of ether oxygens (including phenoxy) is 1. The van der Waals surface area contributed by atoms with Crippen LogP contribution in [-0.4, -0.2) is 36.2 Å². The van der Waals surface area contributed by atoms with Gasteiger partial charge in [-0.05, 0) is 42.3 Å². The zero-order chi connectivity index (χ0) is 17.7. The van der Waals surface area contributed by atoms with Gasteiger partial charge in [-0.2, -0.15) is 0 Å². The number of benzene rings is 2. The first-order chi connectivity index (χ1) is 11.3. The highest BCUT2D eigenvalue weighted by Crippen LogP contribution is 2.20. The zero-order valence-corrected chi connectivity index (χ0v) is 14.7. The summed E-state index contributed by atoms with van der Waals surface area (Å²) in [6, 6.07) is 11.4. The summed E-state index contributed by atoms with van der Waals surface area (Å²) < 4.78 is 45.3. The van der Waals surface area contributed by atoms with Gasteiger partial charge in [-0.25, -0.2) is 17.5 Å². The van der Waals surface area contributed by atoms with Gasteiger partial charge in [0.1, 0.15) is 0 Å². The van der Waals surface area contributed by atoms with Crippen LogP contribution >= 0.6 is 0 Å². The summed E-state index contributed by atoms with van der Waals surface area (Å²) >= 11 is 0. The van der Waals surface area contributed by atoms with Crippen LogP contribution in [0.25, 0.3) is 0 Å². The van der Waals surface area contributed by atoms with Gasteiger partial charge in [-0.3, -0.25) is 0 Å². The molecule has 0 heterocycles. The fourth-order valence-electron chi connectivity index (χ4n) is 2.19. The summed E-state index contributed by atoms with van der Waals surface area (Å²) in [6.07, 6.45) is 0.547. The number of nitrogens with one attached hydrogen (secondary N) is 1. The van der Waals surface area contributed by atoms with Gasteiger partial charge in [0.25, 0.3) is 0 Å². The average molecular weight is 352 g/mol. The molecular weight excluding hydrogens is 331 g/mol. The number of methoxy groups -OCH3 is 1. The molecule has 0 atom stereocenters. The Morgan fingerprint density at radius 2 is 1.79 bits per heavy atom. The molecule has 0 fully saturated rings. The molecule has 0 aliphatic heterocycles. The summed E-state index contributed by atoms with van der Waals surface area (Å²) in [4.78, 5) is 1.87. The predicted octanol–water partition coefficient (Wildman–Crippen LogP) is 2.42. The molecule has 0 saturated heterocycles. The SMILES string of the molecule is COc1ccc(S(=O)(=O)NCCc2ccc(N(C)C)cc2)cc1F. The van der Waals surface area contributed by atoms with E-state index in [2.05, 4.69) is 4.72 Å². The molecule has 0 unspecified atom stereocenters. The van der Waals surface area contributed by atoms with Gasteiger partial charge in [0.15, 0.2) is 11.6 Å². The van der Waals surface area contributed by atoms with Gasteiger partial charge in [-0.1, -0.05) is 12.1 Å². The van der Waals surface area contributed by atoms with Gasteiger partial charge in [0.05, 0.1) is 12.0 Å². The third-order valence-electron chi connectivity index (χ3n) is 3.59. The van der Waals surface area contributed by atoms with E-state index >= 15 is 0 Å². The summed E-state index contributed by atoms with van der Waals surface area (Å²) in [5.41, 5.74) is 2.09. The molecule has 0 saturated carbocycles. The van der Waals surface area contributed by atoms with Gasteiger partial charge in [-0.15, -0.1) is 0 Å². The highest BCUT2D eigenvalue weighted by molar-refractivity contribution is 7.89. The van der Waals surface area contributed by atoms with Crippen molar-refractivity contribution in [3.05, 3.63) is 53.8 Å². The third kappa shape index (κ3) is 4.46. The van der Waals surface area contributed by atoms with E-state index in [1.165, 1.54) is 19.2 Å². The molecule has 0 aliphatic carbocycles. The second kappa shape index (κ2) is 7.63. The molecule has 2 rings (SSSR count). The van der Waals surface area contributed by atoms with E-state index in [1.54, 1.807) is 0 Å². The number of rotatable bonds is 7. The molecule has 1 N–H and O–H groups in total. The van der Waals surface area contributed by atoms with Gasteiger partial charge >= 0.3 is 0 Å². The van der Waals surface area contributed by atoms with E-state index in [9.17, 15) is 12.8 Å². The van der Waals surface area contributed by atoms with Crippen LogP contribution in [0, 0.1) is 5.82 Å². The molecule has 5 nitrogen and oxygen atoms in total. The van der Waals surface area contributed by atoms with Crippen molar-refractivity contribution in [2.75, 3.05) is 32.6 Å². The Bertz CT molecular complexity index is 790.